The number of nitrogens with one attached hydrogen (secondary N) is 1. The minimum atomic E-state index is -0.189. The zero-order valence-corrected chi connectivity index (χ0v) is 14.1. The van der Waals surface area contributed by atoms with Gasteiger partial charge in [-0.05, 0) is 38.3 Å². The van der Waals surface area contributed by atoms with E-state index in [2.05, 4.69) is 10.3 Å². The number of hydrogen-bond donors (Lipinski definition) is 2. The monoisotopic (exact) mass is 328 g/mol. The van der Waals surface area contributed by atoms with Crippen LogP contribution in [0.25, 0.3) is 0 Å². The summed E-state index contributed by atoms with van der Waals surface area (Å²) >= 11 is 0. The van der Waals surface area contributed by atoms with Crippen LogP contribution in [0.2, 0.25) is 0 Å². The maximum atomic E-state index is 12.5. The second-order valence-electron chi connectivity index (χ2n) is 5.85. The van der Waals surface area contributed by atoms with Gasteiger partial charge in [-0.25, -0.2) is 4.98 Å². The van der Waals surface area contributed by atoms with Gasteiger partial charge >= 0.3 is 0 Å². The summed E-state index contributed by atoms with van der Waals surface area (Å²) in [5.74, 6) is 0.312. The fourth-order valence-corrected chi connectivity index (χ4v) is 2.37. The number of benzene rings is 1. The van der Waals surface area contributed by atoms with Crippen LogP contribution in [-0.2, 0) is 0 Å². The minimum Gasteiger partial charge on any atom is -0.475 e. The van der Waals surface area contributed by atoms with Gasteiger partial charge in [0.1, 0.15) is 0 Å². The fourth-order valence-electron chi connectivity index (χ4n) is 2.37. The van der Waals surface area contributed by atoms with Crippen molar-refractivity contribution in [2.75, 3.05) is 6.61 Å². The number of nitrogens with zero attached hydrogens (tertiary/aromatic N) is 1. The van der Waals surface area contributed by atoms with Gasteiger partial charge in [0, 0.05) is 18.9 Å². The molecule has 0 spiro atoms. The van der Waals surface area contributed by atoms with Crippen LogP contribution in [0.5, 0.6) is 5.88 Å². The Bertz CT molecular complexity index is 627. The SMILES string of the molecule is CC(C)Oc1ccc(C(=O)NC(CCCO)c2ccccc2)cn1. The van der Waals surface area contributed by atoms with E-state index in [0.717, 1.165) is 5.56 Å². The van der Waals surface area contributed by atoms with Crippen molar-refractivity contribution in [2.45, 2.75) is 38.8 Å². The Balaban J connectivity index is 2.06. The van der Waals surface area contributed by atoms with Gasteiger partial charge in [-0.15, -0.1) is 0 Å². The van der Waals surface area contributed by atoms with Gasteiger partial charge in [0.05, 0.1) is 17.7 Å². The van der Waals surface area contributed by atoms with Crippen molar-refractivity contribution in [1.82, 2.24) is 10.3 Å². The second kappa shape index (κ2) is 9.03. The molecule has 1 unspecified atom stereocenters. The number of hydrogen-bond acceptors (Lipinski definition) is 4. The molecule has 0 fully saturated rings. The molecule has 0 saturated heterocycles. The molecule has 0 saturated carbocycles. The molecule has 1 amide bonds. The average molecular weight is 328 g/mol. The number of amides is 1. The van der Waals surface area contributed by atoms with E-state index in [1.165, 1.54) is 6.20 Å². The zero-order valence-electron chi connectivity index (χ0n) is 14.1. The summed E-state index contributed by atoms with van der Waals surface area (Å²) in [6, 6.07) is 13.0. The van der Waals surface area contributed by atoms with E-state index >= 15 is 0 Å². The number of pyridine rings is 1. The van der Waals surface area contributed by atoms with Crippen LogP contribution >= 0.6 is 0 Å². The van der Waals surface area contributed by atoms with Gasteiger partial charge < -0.3 is 15.2 Å². The molecule has 1 heterocycles. The lowest BCUT2D eigenvalue weighted by Crippen LogP contribution is -2.28. The third-order valence-electron chi connectivity index (χ3n) is 3.51. The first-order chi connectivity index (χ1) is 11.6. The average Bonchev–Trinajstić information content (AvgIpc) is 2.59. The summed E-state index contributed by atoms with van der Waals surface area (Å²) in [5.41, 5.74) is 1.50. The molecule has 1 aromatic heterocycles. The number of aromatic nitrogens is 1. The van der Waals surface area contributed by atoms with Gasteiger partial charge in [0.2, 0.25) is 5.88 Å². The highest BCUT2D eigenvalue weighted by Crippen LogP contribution is 2.19. The van der Waals surface area contributed by atoms with Crippen LogP contribution in [0.4, 0.5) is 0 Å². The third-order valence-corrected chi connectivity index (χ3v) is 3.51. The lowest BCUT2D eigenvalue weighted by molar-refractivity contribution is 0.0932. The minimum absolute atomic E-state index is 0.0399. The van der Waals surface area contributed by atoms with E-state index in [-0.39, 0.29) is 24.7 Å². The molecule has 2 aromatic rings. The Morgan fingerprint density at radius 1 is 1.21 bits per heavy atom. The number of aliphatic hydroxyl groups is 1. The topological polar surface area (TPSA) is 71.5 Å². The molecule has 0 aliphatic carbocycles. The summed E-state index contributed by atoms with van der Waals surface area (Å²) in [5, 5.41) is 12.1. The summed E-state index contributed by atoms with van der Waals surface area (Å²) in [7, 11) is 0. The number of ether oxygens (including phenoxy) is 1. The molecule has 0 radical (unpaired) electrons. The molecular formula is C19H24N2O3. The normalized spacial score (nSPS) is 12.0. The lowest BCUT2D eigenvalue weighted by Gasteiger charge is -2.19. The van der Waals surface area contributed by atoms with Gasteiger partial charge in [-0.2, -0.15) is 0 Å². The van der Waals surface area contributed by atoms with Crippen molar-refractivity contribution in [1.29, 1.82) is 0 Å². The standard InChI is InChI=1S/C19H24N2O3/c1-14(2)24-18-11-10-16(13-20-18)19(23)21-17(9-6-12-22)15-7-4-3-5-8-15/h3-5,7-8,10-11,13-14,17,22H,6,9,12H2,1-2H3,(H,21,23). The number of aliphatic hydroxyl groups excluding tert-OH is 1. The summed E-state index contributed by atoms with van der Waals surface area (Å²) < 4.78 is 5.48. The molecule has 24 heavy (non-hydrogen) atoms. The first-order valence-electron chi connectivity index (χ1n) is 8.19. The van der Waals surface area contributed by atoms with Crippen molar-refractivity contribution in [2.24, 2.45) is 0 Å². The predicted octanol–water partition coefficient (Wildman–Crippen LogP) is 3.11. The van der Waals surface area contributed by atoms with Crippen LogP contribution in [0, 0.1) is 0 Å². The van der Waals surface area contributed by atoms with Crippen molar-refractivity contribution < 1.29 is 14.6 Å². The highest BCUT2D eigenvalue weighted by Gasteiger charge is 2.16. The van der Waals surface area contributed by atoms with Crippen LogP contribution in [0.3, 0.4) is 0 Å². The molecule has 5 nitrogen and oxygen atoms in total. The molecular weight excluding hydrogens is 304 g/mol. The predicted molar refractivity (Wildman–Crippen MR) is 93.0 cm³/mol. The first kappa shape index (κ1) is 17.9. The fraction of sp³-hybridized carbons (Fsp3) is 0.368. The Morgan fingerprint density at radius 3 is 2.54 bits per heavy atom. The van der Waals surface area contributed by atoms with Crippen molar-refractivity contribution >= 4 is 5.91 Å². The molecule has 0 aliphatic heterocycles. The Labute approximate surface area is 142 Å². The third kappa shape index (κ3) is 5.35. The van der Waals surface area contributed by atoms with Crippen molar-refractivity contribution in [3.63, 3.8) is 0 Å². The number of carbonyl (C=O) groups is 1. The molecule has 0 bridgehead atoms. The van der Waals surface area contributed by atoms with Gasteiger partial charge in [0.25, 0.3) is 5.91 Å². The van der Waals surface area contributed by atoms with Crippen molar-refractivity contribution in [3.05, 3.63) is 59.8 Å². The number of carbonyl (C=O) groups excluding carboxylic acids is 1. The maximum Gasteiger partial charge on any atom is 0.253 e. The van der Waals surface area contributed by atoms with Gasteiger partial charge in [-0.3, -0.25) is 4.79 Å². The zero-order chi connectivity index (χ0) is 17.4. The van der Waals surface area contributed by atoms with Crippen LogP contribution in [-0.4, -0.2) is 28.7 Å². The summed E-state index contributed by atoms with van der Waals surface area (Å²) in [6.45, 7) is 3.95. The van der Waals surface area contributed by atoms with E-state index in [4.69, 9.17) is 9.84 Å². The summed E-state index contributed by atoms with van der Waals surface area (Å²) in [4.78, 5) is 16.6. The van der Waals surface area contributed by atoms with E-state index in [1.807, 2.05) is 44.2 Å². The molecule has 0 aliphatic rings. The molecule has 2 N–H and O–H groups in total. The maximum absolute atomic E-state index is 12.5. The smallest absolute Gasteiger partial charge is 0.253 e. The van der Waals surface area contributed by atoms with Crippen molar-refractivity contribution in [3.8, 4) is 5.88 Å². The quantitative estimate of drug-likeness (QED) is 0.781. The number of rotatable bonds is 8. The Hall–Kier alpha value is -2.40. The molecule has 5 heteroatoms. The Kier molecular flexibility index (Phi) is 6.75. The van der Waals surface area contributed by atoms with Crippen LogP contribution in [0.1, 0.15) is 48.7 Å². The van der Waals surface area contributed by atoms with E-state index in [9.17, 15) is 4.79 Å². The molecule has 1 aromatic carbocycles. The molecule has 128 valence electrons. The second-order valence-corrected chi connectivity index (χ2v) is 5.85. The molecule has 1 atom stereocenters. The highest BCUT2D eigenvalue weighted by atomic mass is 16.5. The van der Waals surface area contributed by atoms with Crippen LogP contribution < -0.4 is 10.1 Å². The van der Waals surface area contributed by atoms with E-state index < -0.39 is 0 Å². The largest absolute Gasteiger partial charge is 0.475 e. The van der Waals surface area contributed by atoms with Gasteiger partial charge in [0.15, 0.2) is 0 Å². The highest BCUT2D eigenvalue weighted by molar-refractivity contribution is 5.94. The Morgan fingerprint density at radius 2 is 1.96 bits per heavy atom. The van der Waals surface area contributed by atoms with Gasteiger partial charge in [-0.1, -0.05) is 30.3 Å². The molecule has 2 rings (SSSR count). The first-order valence-corrected chi connectivity index (χ1v) is 8.19. The van der Waals surface area contributed by atoms with Crippen LogP contribution in [0.15, 0.2) is 48.7 Å². The van der Waals surface area contributed by atoms with E-state index in [1.54, 1.807) is 12.1 Å². The van der Waals surface area contributed by atoms with E-state index in [0.29, 0.717) is 24.3 Å². The summed E-state index contributed by atoms with van der Waals surface area (Å²) in [6.07, 6.45) is 2.85. The lowest BCUT2D eigenvalue weighted by atomic mass is 10.0.